The lowest BCUT2D eigenvalue weighted by Crippen LogP contribution is -2.17. The van der Waals surface area contributed by atoms with E-state index < -0.39 is 23.7 Å². The molecular weight excluding hydrogens is 459 g/mol. The molecule has 1 nitrogen and oxygen atoms in total. The molecule has 0 amide bonds. The van der Waals surface area contributed by atoms with Crippen LogP contribution in [0.1, 0.15) is 76.2 Å². The van der Waals surface area contributed by atoms with Crippen molar-refractivity contribution in [2.75, 3.05) is 0 Å². The van der Waals surface area contributed by atoms with Crippen LogP contribution in [0.5, 0.6) is 5.75 Å². The smallest absolute Gasteiger partial charge is 0.403 e. The van der Waals surface area contributed by atoms with Crippen molar-refractivity contribution < 1.29 is 26.7 Å². The first kappa shape index (κ1) is 25.5. The molecule has 6 heteroatoms. The summed E-state index contributed by atoms with van der Waals surface area (Å²) in [7, 11) is 0. The van der Waals surface area contributed by atoms with Crippen LogP contribution < -0.4 is 4.74 Å². The quantitative estimate of drug-likeness (QED) is 0.225. The highest BCUT2D eigenvalue weighted by Crippen LogP contribution is 2.40. The second-order valence-electron chi connectivity index (χ2n) is 9.67. The van der Waals surface area contributed by atoms with Crippen LogP contribution in [-0.2, 0) is 0 Å². The van der Waals surface area contributed by atoms with Gasteiger partial charge in [0, 0.05) is 10.9 Å². The van der Waals surface area contributed by atoms with Gasteiger partial charge in [-0.2, -0.15) is 0 Å². The minimum Gasteiger partial charge on any atom is -0.403 e. The molecule has 0 aliphatic heterocycles. The van der Waals surface area contributed by atoms with Gasteiger partial charge in [0.15, 0.2) is 11.6 Å². The lowest BCUT2D eigenvalue weighted by molar-refractivity contribution is -0.275. The summed E-state index contributed by atoms with van der Waals surface area (Å²) >= 11 is 0. The lowest BCUT2D eigenvalue weighted by Gasteiger charge is -2.29. The molecule has 3 aromatic carbocycles. The summed E-state index contributed by atoms with van der Waals surface area (Å²) in [5, 5.41) is 1.18. The number of hydrogen-bond donors (Lipinski definition) is 0. The van der Waals surface area contributed by atoms with E-state index in [1.807, 2.05) is 12.1 Å². The van der Waals surface area contributed by atoms with Gasteiger partial charge in [0.25, 0.3) is 0 Å². The van der Waals surface area contributed by atoms with E-state index in [9.17, 15) is 17.6 Å². The van der Waals surface area contributed by atoms with Gasteiger partial charge >= 0.3 is 6.36 Å². The monoisotopic (exact) mass is 490 g/mol. The summed E-state index contributed by atoms with van der Waals surface area (Å²) in [6, 6.07) is 12.1. The fourth-order valence-electron chi connectivity index (χ4n) is 5.31. The maximum absolute atomic E-state index is 15.3. The van der Waals surface area contributed by atoms with Crippen molar-refractivity contribution in [3.63, 3.8) is 0 Å². The van der Waals surface area contributed by atoms with Gasteiger partial charge in [0.2, 0.25) is 0 Å². The van der Waals surface area contributed by atoms with Crippen LogP contribution in [0.3, 0.4) is 0 Å². The Kier molecular flexibility index (Phi) is 7.98. The Balaban J connectivity index is 1.47. The summed E-state index contributed by atoms with van der Waals surface area (Å²) in [5.41, 5.74) is 1.50. The van der Waals surface area contributed by atoms with Crippen LogP contribution >= 0.6 is 0 Å². The molecule has 0 bridgehead atoms. The molecule has 0 N–H and O–H groups in total. The number of rotatable bonds is 8. The average molecular weight is 491 g/mol. The normalized spacial score (nSPS) is 18.7. The van der Waals surface area contributed by atoms with E-state index in [4.69, 9.17) is 0 Å². The van der Waals surface area contributed by atoms with Crippen molar-refractivity contribution in [1.82, 2.24) is 0 Å². The van der Waals surface area contributed by atoms with Gasteiger partial charge in [-0.25, -0.2) is 8.78 Å². The number of hydrogen-bond acceptors (Lipinski definition) is 1. The van der Waals surface area contributed by atoms with Crippen LogP contribution in [0.4, 0.5) is 22.0 Å². The molecule has 1 aliphatic carbocycles. The zero-order chi connectivity index (χ0) is 25.0. The predicted molar refractivity (Wildman–Crippen MR) is 129 cm³/mol. The molecule has 0 atom stereocenters. The molecular formula is C29H31F5O. The first-order valence-electron chi connectivity index (χ1n) is 12.5. The molecule has 0 aromatic heterocycles. The van der Waals surface area contributed by atoms with E-state index in [0.717, 1.165) is 36.3 Å². The Bertz CT molecular complexity index is 1150. The third-order valence-corrected chi connectivity index (χ3v) is 7.23. The molecule has 0 unspecified atom stereocenters. The van der Waals surface area contributed by atoms with Crippen LogP contribution in [0.25, 0.3) is 21.9 Å². The van der Waals surface area contributed by atoms with Crippen molar-refractivity contribution in [2.45, 2.75) is 77.0 Å². The van der Waals surface area contributed by atoms with E-state index in [-0.39, 0.29) is 11.1 Å². The van der Waals surface area contributed by atoms with E-state index in [1.165, 1.54) is 56.6 Å². The molecule has 35 heavy (non-hydrogen) atoms. The van der Waals surface area contributed by atoms with Crippen molar-refractivity contribution in [1.29, 1.82) is 0 Å². The number of alkyl halides is 3. The molecule has 188 valence electrons. The summed E-state index contributed by atoms with van der Waals surface area (Å²) in [4.78, 5) is 0. The van der Waals surface area contributed by atoms with E-state index in [1.54, 1.807) is 18.2 Å². The molecule has 4 rings (SSSR count). The Hall–Kier alpha value is -2.63. The van der Waals surface area contributed by atoms with E-state index in [0.29, 0.717) is 11.3 Å². The second kappa shape index (κ2) is 11.0. The first-order valence-corrected chi connectivity index (χ1v) is 12.5. The minimum absolute atomic E-state index is 0.131. The predicted octanol–water partition coefficient (Wildman–Crippen LogP) is 9.93. The molecule has 0 radical (unpaired) electrons. The topological polar surface area (TPSA) is 9.23 Å². The summed E-state index contributed by atoms with van der Waals surface area (Å²) in [5.74, 6) is -1.37. The molecule has 3 aromatic rings. The fourth-order valence-corrected chi connectivity index (χ4v) is 5.31. The molecule has 1 aliphatic rings. The van der Waals surface area contributed by atoms with Crippen molar-refractivity contribution in [2.24, 2.45) is 5.92 Å². The van der Waals surface area contributed by atoms with Gasteiger partial charge < -0.3 is 4.74 Å². The highest BCUT2D eigenvalue weighted by molar-refractivity contribution is 5.89. The maximum Gasteiger partial charge on any atom is 0.573 e. The summed E-state index contributed by atoms with van der Waals surface area (Å²) in [6.45, 7) is 2.23. The van der Waals surface area contributed by atoms with Gasteiger partial charge in [-0.15, -0.1) is 13.2 Å². The second-order valence-corrected chi connectivity index (χ2v) is 9.67. The number of unbranched alkanes of at least 4 members (excludes halogenated alkanes) is 3. The average Bonchev–Trinajstić information content (AvgIpc) is 2.83. The van der Waals surface area contributed by atoms with Crippen LogP contribution in [0, 0.1) is 17.6 Å². The zero-order valence-electron chi connectivity index (χ0n) is 19.9. The highest BCUT2D eigenvalue weighted by Gasteiger charge is 2.32. The molecule has 1 saturated carbocycles. The minimum atomic E-state index is -5.00. The van der Waals surface area contributed by atoms with Gasteiger partial charge in [-0.1, -0.05) is 75.4 Å². The van der Waals surface area contributed by atoms with Crippen molar-refractivity contribution in [3.05, 3.63) is 65.7 Å². The van der Waals surface area contributed by atoms with Gasteiger partial charge in [-0.3, -0.25) is 0 Å². The largest absolute Gasteiger partial charge is 0.573 e. The number of benzene rings is 3. The van der Waals surface area contributed by atoms with E-state index in [2.05, 4.69) is 11.7 Å². The summed E-state index contributed by atoms with van der Waals surface area (Å²) < 4.78 is 70.3. The van der Waals surface area contributed by atoms with E-state index >= 15 is 4.39 Å². The first-order chi connectivity index (χ1) is 16.7. The molecule has 0 saturated heterocycles. The Morgan fingerprint density at radius 3 is 2.31 bits per heavy atom. The van der Waals surface area contributed by atoms with Gasteiger partial charge in [-0.05, 0) is 66.2 Å². The Morgan fingerprint density at radius 1 is 0.857 bits per heavy atom. The number of ether oxygens (including phenoxy) is 1. The SMILES string of the molecule is CCCCCCC1CCC(c2ccc3c(F)c(-c4ccc(OC(F)(F)F)c(F)c4)ccc3c2)CC1. The van der Waals surface area contributed by atoms with Crippen LogP contribution in [-0.4, -0.2) is 6.36 Å². The van der Waals surface area contributed by atoms with Gasteiger partial charge in [0.1, 0.15) is 5.82 Å². The maximum atomic E-state index is 15.3. The van der Waals surface area contributed by atoms with Crippen LogP contribution in [0.15, 0.2) is 48.5 Å². The lowest BCUT2D eigenvalue weighted by atomic mass is 9.76. The van der Waals surface area contributed by atoms with Crippen LogP contribution in [0.2, 0.25) is 0 Å². The zero-order valence-corrected chi connectivity index (χ0v) is 19.9. The number of fused-ring (bicyclic) bond motifs is 1. The van der Waals surface area contributed by atoms with Crippen molar-refractivity contribution in [3.8, 4) is 16.9 Å². The molecule has 0 heterocycles. The third-order valence-electron chi connectivity index (χ3n) is 7.23. The number of halogens is 5. The van der Waals surface area contributed by atoms with Gasteiger partial charge in [0.05, 0.1) is 0 Å². The van der Waals surface area contributed by atoms with Crippen molar-refractivity contribution >= 4 is 10.8 Å². The molecule has 1 fully saturated rings. The summed E-state index contributed by atoms with van der Waals surface area (Å²) in [6.07, 6.45) is 6.32. The third kappa shape index (κ3) is 6.33. The fraction of sp³-hybridized carbons (Fsp3) is 0.448. The standard InChI is InChI=1S/C29H31F5O/c1-2-3-4-5-6-19-7-9-20(10-8-19)21-11-14-24-22(17-21)12-15-25(28(24)31)23-13-16-27(26(30)18-23)35-29(32,33)34/h11-20H,2-10H2,1H3. The molecule has 0 spiro atoms. The Morgan fingerprint density at radius 2 is 1.63 bits per heavy atom. The Labute approximate surface area is 203 Å². The highest BCUT2D eigenvalue weighted by atomic mass is 19.4.